The molecule has 0 unspecified atom stereocenters. The lowest BCUT2D eigenvalue weighted by atomic mass is 10.2. The molecule has 1 atom stereocenters. The van der Waals surface area contributed by atoms with Gasteiger partial charge in [-0.15, -0.1) is 11.6 Å². The van der Waals surface area contributed by atoms with Crippen molar-refractivity contribution < 1.29 is 13.2 Å². The summed E-state index contributed by atoms with van der Waals surface area (Å²) >= 11 is 5.32. The van der Waals surface area contributed by atoms with Crippen LogP contribution in [0.2, 0.25) is 0 Å². The van der Waals surface area contributed by atoms with E-state index in [1.54, 1.807) is 0 Å². The van der Waals surface area contributed by atoms with Crippen LogP contribution in [0.1, 0.15) is 12.8 Å². The fraction of sp³-hybridized carbons (Fsp3) is 0.875. The second-order valence-electron chi connectivity index (χ2n) is 3.61. The maximum atomic E-state index is 11.3. The Morgan fingerprint density at radius 2 is 2.27 bits per heavy atom. The molecule has 0 saturated carbocycles. The quantitative estimate of drug-likeness (QED) is 0.705. The fourth-order valence-corrected chi connectivity index (χ4v) is 3.01. The van der Waals surface area contributed by atoms with E-state index < -0.39 is 10.0 Å². The predicted octanol–water partition coefficient (Wildman–Crippen LogP) is -0.235. The van der Waals surface area contributed by atoms with Gasteiger partial charge in [0, 0.05) is 19.1 Å². The summed E-state index contributed by atoms with van der Waals surface area (Å²) in [6.45, 7) is 0.888. The van der Waals surface area contributed by atoms with Gasteiger partial charge in [-0.25, -0.2) is 8.42 Å². The van der Waals surface area contributed by atoms with E-state index in [1.807, 2.05) is 0 Å². The molecule has 1 aliphatic heterocycles. The number of alkyl halides is 1. The number of halogens is 1. The molecule has 7 heteroatoms. The van der Waals surface area contributed by atoms with Gasteiger partial charge >= 0.3 is 0 Å². The number of hydrogen-bond donors (Lipinski definition) is 1. The first-order chi connectivity index (χ1) is 6.95. The van der Waals surface area contributed by atoms with Gasteiger partial charge < -0.3 is 5.32 Å². The second kappa shape index (κ2) is 5.14. The summed E-state index contributed by atoms with van der Waals surface area (Å²) in [7, 11) is -3.16. The van der Waals surface area contributed by atoms with Gasteiger partial charge in [0.1, 0.15) is 5.88 Å². The molecule has 15 heavy (non-hydrogen) atoms. The van der Waals surface area contributed by atoms with Crippen LogP contribution >= 0.6 is 11.6 Å². The largest absolute Gasteiger partial charge is 0.353 e. The maximum Gasteiger partial charge on any atom is 0.234 e. The summed E-state index contributed by atoms with van der Waals surface area (Å²) in [5, 5.41) is 2.60. The van der Waals surface area contributed by atoms with E-state index in [9.17, 15) is 13.2 Å². The number of carbonyl (C=O) groups is 1. The molecule has 88 valence electrons. The molecule has 0 bridgehead atoms. The first kappa shape index (κ1) is 12.7. The minimum Gasteiger partial charge on any atom is -0.353 e. The molecule has 1 aliphatic rings. The molecule has 1 saturated heterocycles. The molecule has 0 aromatic carbocycles. The lowest BCUT2D eigenvalue weighted by molar-refractivity contribution is -0.118. The van der Waals surface area contributed by atoms with Crippen molar-refractivity contribution in [3.05, 3.63) is 0 Å². The van der Waals surface area contributed by atoms with Crippen molar-refractivity contribution in [2.45, 2.75) is 18.9 Å². The summed E-state index contributed by atoms with van der Waals surface area (Å²) in [5.74, 6) is -0.358. The molecule has 1 rings (SSSR count). The molecule has 0 spiro atoms. The summed E-state index contributed by atoms with van der Waals surface area (Å²) < 4.78 is 24.1. The number of sulfonamides is 1. The third-order valence-corrected chi connectivity index (χ3v) is 3.98. The zero-order valence-electron chi connectivity index (χ0n) is 8.57. The molecule has 1 heterocycles. The second-order valence-corrected chi connectivity index (χ2v) is 5.81. The number of hydrogen-bond acceptors (Lipinski definition) is 3. The van der Waals surface area contributed by atoms with Crippen LogP contribution in [0.15, 0.2) is 0 Å². The van der Waals surface area contributed by atoms with Gasteiger partial charge in [-0.1, -0.05) is 0 Å². The summed E-state index contributed by atoms with van der Waals surface area (Å²) in [6.07, 6.45) is 2.82. The van der Waals surface area contributed by atoms with E-state index in [-0.39, 0.29) is 17.8 Å². The molecule has 0 aliphatic carbocycles. The average molecular weight is 255 g/mol. The Balaban J connectivity index is 2.51. The normalized spacial score (nSPS) is 22.9. The predicted molar refractivity (Wildman–Crippen MR) is 58.3 cm³/mol. The summed E-state index contributed by atoms with van der Waals surface area (Å²) in [6, 6.07) is -0.118. The molecule has 1 N–H and O–H groups in total. The van der Waals surface area contributed by atoms with Crippen molar-refractivity contribution in [2.24, 2.45) is 0 Å². The van der Waals surface area contributed by atoms with Crippen molar-refractivity contribution in [1.29, 1.82) is 0 Å². The van der Waals surface area contributed by atoms with E-state index in [2.05, 4.69) is 5.32 Å². The van der Waals surface area contributed by atoms with Crippen LogP contribution < -0.4 is 5.32 Å². The molecular formula is C8H15ClN2O3S. The highest BCUT2D eigenvalue weighted by Gasteiger charge is 2.31. The third kappa shape index (κ3) is 3.62. The van der Waals surface area contributed by atoms with Gasteiger partial charge in [0.25, 0.3) is 0 Å². The topological polar surface area (TPSA) is 66.5 Å². The van der Waals surface area contributed by atoms with Gasteiger partial charge in [-0.3, -0.25) is 4.79 Å². The number of nitrogens with zero attached hydrogens (tertiary/aromatic N) is 1. The van der Waals surface area contributed by atoms with Gasteiger partial charge in [-0.2, -0.15) is 4.31 Å². The van der Waals surface area contributed by atoms with Crippen LogP contribution in [0.5, 0.6) is 0 Å². The maximum absolute atomic E-state index is 11.3. The molecule has 1 fully saturated rings. The Bertz CT molecular complexity index is 331. The van der Waals surface area contributed by atoms with Gasteiger partial charge in [0.15, 0.2) is 0 Å². The number of nitrogens with one attached hydrogen (secondary N) is 1. The minimum absolute atomic E-state index is 0.0917. The van der Waals surface area contributed by atoms with Crippen LogP contribution in [0.3, 0.4) is 0 Å². The van der Waals surface area contributed by atoms with Crippen LogP contribution in [0.25, 0.3) is 0 Å². The van der Waals surface area contributed by atoms with Crippen LogP contribution in [-0.2, 0) is 14.8 Å². The molecule has 0 radical (unpaired) electrons. The van der Waals surface area contributed by atoms with Gasteiger partial charge in [0.2, 0.25) is 15.9 Å². The highest BCUT2D eigenvalue weighted by molar-refractivity contribution is 7.88. The third-order valence-electron chi connectivity index (χ3n) is 2.41. The Morgan fingerprint density at radius 3 is 2.80 bits per heavy atom. The summed E-state index contributed by atoms with van der Waals surface area (Å²) in [5.41, 5.74) is 0. The fourth-order valence-electron chi connectivity index (χ4n) is 1.73. The molecule has 0 aromatic heterocycles. The zero-order valence-corrected chi connectivity index (χ0v) is 10.1. The van der Waals surface area contributed by atoms with Gasteiger partial charge in [-0.05, 0) is 12.8 Å². The van der Waals surface area contributed by atoms with Crippen LogP contribution in [-0.4, -0.2) is 49.9 Å². The highest BCUT2D eigenvalue weighted by atomic mass is 35.5. The van der Waals surface area contributed by atoms with E-state index in [4.69, 9.17) is 11.6 Å². The van der Waals surface area contributed by atoms with Crippen LogP contribution in [0, 0.1) is 0 Å². The minimum atomic E-state index is -3.16. The number of carbonyl (C=O) groups excluding carboxylic acids is 1. The smallest absolute Gasteiger partial charge is 0.234 e. The lowest BCUT2D eigenvalue weighted by Gasteiger charge is -2.22. The van der Waals surface area contributed by atoms with Crippen molar-refractivity contribution in [3.63, 3.8) is 0 Å². The Hall–Kier alpha value is -0.330. The number of rotatable bonds is 4. The molecular weight excluding hydrogens is 240 g/mol. The first-order valence-electron chi connectivity index (χ1n) is 4.74. The van der Waals surface area contributed by atoms with E-state index in [0.717, 1.165) is 12.8 Å². The lowest BCUT2D eigenvalue weighted by Crippen LogP contribution is -2.42. The monoisotopic (exact) mass is 254 g/mol. The SMILES string of the molecule is CS(=O)(=O)N1CCC[C@@H]1CNC(=O)CCl. The Labute approximate surface area is 94.8 Å². The van der Waals surface area contributed by atoms with E-state index >= 15 is 0 Å². The zero-order chi connectivity index (χ0) is 11.5. The Kier molecular flexibility index (Phi) is 4.36. The van der Waals surface area contributed by atoms with E-state index in [0.29, 0.717) is 13.1 Å². The summed E-state index contributed by atoms with van der Waals surface area (Å²) in [4.78, 5) is 10.9. The molecule has 0 aromatic rings. The van der Waals surface area contributed by atoms with Crippen molar-refractivity contribution in [2.75, 3.05) is 25.2 Å². The van der Waals surface area contributed by atoms with Crippen LogP contribution in [0.4, 0.5) is 0 Å². The Morgan fingerprint density at radius 1 is 1.60 bits per heavy atom. The van der Waals surface area contributed by atoms with Crippen molar-refractivity contribution in [3.8, 4) is 0 Å². The molecule has 1 amide bonds. The standard InChI is InChI=1S/C8H15ClN2O3S/c1-15(13,14)11-4-2-3-7(11)6-10-8(12)5-9/h7H,2-6H2,1H3,(H,10,12)/t7-/m1/s1. The number of amides is 1. The first-order valence-corrected chi connectivity index (χ1v) is 7.13. The van der Waals surface area contributed by atoms with E-state index in [1.165, 1.54) is 10.6 Å². The van der Waals surface area contributed by atoms with Crippen molar-refractivity contribution in [1.82, 2.24) is 9.62 Å². The molecule has 5 nitrogen and oxygen atoms in total. The average Bonchev–Trinajstić information content (AvgIpc) is 2.61. The highest BCUT2D eigenvalue weighted by Crippen LogP contribution is 2.19. The van der Waals surface area contributed by atoms with Crippen molar-refractivity contribution >= 4 is 27.5 Å². The van der Waals surface area contributed by atoms with Gasteiger partial charge in [0.05, 0.1) is 6.26 Å².